The third-order valence-electron chi connectivity index (χ3n) is 5.81. The zero-order valence-electron chi connectivity index (χ0n) is 18.8. The van der Waals surface area contributed by atoms with Crippen molar-refractivity contribution in [3.8, 4) is 16.5 Å². The first-order valence-corrected chi connectivity index (χ1v) is 11.8. The Morgan fingerprint density at radius 2 is 2.03 bits per heavy atom. The number of anilines is 1. The lowest BCUT2D eigenvalue weighted by Crippen LogP contribution is -2.35. The van der Waals surface area contributed by atoms with Crippen LogP contribution in [0.3, 0.4) is 0 Å². The van der Waals surface area contributed by atoms with Crippen molar-refractivity contribution in [3.05, 3.63) is 58.9 Å². The predicted octanol–water partition coefficient (Wildman–Crippen LogP) is 4.04. The number of halogens is 1. The Morgan fingerprint density at radius 1 is 1.24 bits per heavy atom. The van der Waals surface area contributed by atoms with Gasteiger partial charge in [-0.3, -0.25) is 9.69 Å². The number of nitrogens with one attached hydrogen (secondary N) is 2. The quantitative estimate of drug-likeness (QED) is 0.519. The Balaban J connectivity index is 1.38. The van der Waals surface area contributed by atoms with Gasteiger partial charge in [0.25, 0.3) is 5.91 Å². The van der Waals surface area contributed by atoms with E-state index in [1.165, 1.54) is 17.4 Å². The summed E-state index contributed by atoms with van der Waals surface area (Å²) in [5.74, 6) is 1.09. The fraction of sp³-hybridized carbons (Fsp3) is 0.375. The van der Waals surface area contributed by atoms with Crippen molar-refractivity contribution in [2.45, 2.75) is 19.4 Å². The van der Waals surface area contributed by atoms with Gasteiger partial charge in [0.2, 0.25) is 5.88 Å². The predicted molar refractivity (Wildman–Crippen MR) is 128 cm³/mol. The number of benzene rings is 1. The number of carbonyl (C=O) groups excluding carboxylic acids is 1. The van der Waals surface area contributed by atoms with Gasteiger partial charge in [-0.25, -0.2) is 14.4 Å². The summed E-state index contributed by atoms with van der Waals surface area (Å²) < 4.78 is 20.0. The number of likely N-dealkylation sites (tertiary alicyclic amines) is 1. The van der Waals surface area contributed by atoms with Crippen LogP contribution in [0.25, 0.3) is 10.6 Å². The van der Waals surface area contributed by atoms with Crippen molar-refractivity contribution in [2.24, 2.45) is 5.92 Å². The topological polar surface area (TPSA) is 79.4 Å². The normalized spacial score (nSPS) is 14.8. The van der Waals surface area contributed by atoms with E-state index in [0.29, 0.717) is 34.8 Å². The molecule has 0 radical (unpaired) electrons. The monoisotopic (exact) mass is 469 g/mol. The van der Waals surface area contributed by atoms with Crippen LogP contribution in [0.1, 0.15) is 28.1 Å². The van der Waals surface area contributed by atoms with Crippen LogP contribution in [0.4, 0.5) is 10.2 Å². The SMILES string of the molecule is CNC(=O)c1sc(-c2ccnc(NC)c2)nc1OCC1CCN(Cc2ccccc2F)CC1. The van der Waals surface area contributed by atoms with E-state index in [-0.39, 0.29) is 11.7 Å². The first kappa shape index (κ1) is 23.1. The maximum Gasteiger partial charge on any atom is 0.266 e. The van der Waals surface area contributed by atoms with Gasteiger partial charge >= 0.3 is 0 Å². The number of aromatic nitrogens is 2. The Bertz CT molecular complexity index is 1100. The number of ether oxygens (including phenoxy) is 1. The highest BCUT2D eigenvalue weighted by molar-refractivity contribution is 7.17. The minimum atomic E-state index is -0.212. The molecule has 33 heavy (non-hydrogen) atoms. The van der Waals surface area contributed by atoms with E-state index in [4.69, 9.17) is 4.74 Å². The Morgan fingerprint density at radius 3 is 2.76 bits per heavy atom. The second-order valence-corrected chi connectivity index (χ2v) is 9.03. The van der Waals surface area contributed by atoms with Gasteiger partial charge < -0.3 is 15.4 Å². The van der Waals surface area contributed by atoms with Crippen molar-refractivity contribution >= 4 is 23.1 Å². The van der Waals surface area contributed by atoms with Crippen molar-refractivity contribution in [1.29, 1.82) is 0 Å². The molecule has 3 aromatic rings. The van der Waals surface area contributed by atoms with Crippen LogP contribution < -0.4 is 15.4 Å². The molecule has 2 aromatic heterocycles. The number of carbonyl (C=O) groups is 1. The Kier molecular flexibility index (Phi) is 7.51. The molecule has 0 spiro atoms. The summed E-state index contributed by atoms with van der Waals surface area (Å²) in [6, 6.07) is 10.7. The molecule has 1 saturated heterocycles. The largest absolute Gasteiger partial charge is 0.476 e. The molecule has 1 aliphatic heterocycles. The fourth-order valence-corrected chi connectivity index (χ4v) is 4.81. The highest BCUT2D eigenvalue weighted by Gasteiger charge is 2.24. The minimum absolute atomic E-state index is 0.153. The number of nitrogens with zero attached hydrogens (tertiary/aromatic N) is 3. The number of amides is 1. The second-order valence-electron chi connectivity index (χ2n) is 8.03. The lowest BCUT2D eigenvalue weighted by molar-refractivity contribution is 0.0958. The third-order valence-corrected chi connectivity index (χ3v) is 6.89. The molecule has 4 rings (SSSR count). The van der Waals surface area contributed by atoms with Gasteiger partial charge in [-0.05, 0) is 50.0 Å². The molecule has 3 heterocycles. The van der Waals surface area contributed by atoms with Crippen LogP contribution >= 0.6 is 11.3 Å². The van der Waals surface area contributed by atoms with E-state index >= 15 is 0 Å². The Labute approximate surface area is 197 Å². The minimum Gasteiger partial charge on any atom is -0.476 e. The standard InChI is InChI=1S/C24H28FN5O2S/c1-26-20-13-17(7-10-28-20)24-29-23(21(33-24)22(31)27-2)32-15-16-8-11-30(12-9-16)14-18-5-3-4-6-19(18)25/h3-7,10,13,16H,8-9,11-12,14-15H2,1-2H3,(H,26,28)(H,27,31). The van der Waals surface area contributed by atoms with Crippen LogP contribution in [-0.4, -0.2) is 54.6 Å². The third kappa shape index (κ3) is 5.66. The molecule has 9 heteroatoms. The maximum atomic E-state index is 13.9. The highest BCUT2D eigenvalue weighted by atomic mass is 32.1. The summed E-state index contributed by atoms with van der Waals surface area (Å²) in [6.07, 6.45) is 3.62. The smallest absolute Gasteiger partial charge is 0.266 e. The van der Waals surface area contributed by atoms with Gasteiger partial charge in [-0.2, -0.15) is 0 Å². The van der Waals surface area contributed by atoms with Crippen LogP contribution in [0.2, 0.25) is 0 Å². The average molecular weight is 470 g/mol. The first-order chi connectivity index (χ1) is 16.1. The molecule has 174 valence electrons. The van der Waals surface area contributed by atoms with Gasteiger partial charge in [0.05, 0.1) is 6.61 Å². The van der Waals surface area contributed by atoms with Gasteiger partial charge in [0, 0.05) is 38.0 Å². The van der Waals surface area contributed by atoms with Gasteiger partial charge in [0.15, 0.2) is 4.88 Å². The van der Waals surface area contributed by atoms with E-state index in [2.05, 4.69) is 25.5 Å². The van der Waals surface area contributed by atoms with Crippen molar-refractivity contribution < 1.29 is 13.9 Å². The molecule has 0 bridgehead atoms. The molecule has 0 saturated carbocycles. The summed E-state index contributed by atoms with van der Waals surface area (Å²) in [7, 11) is 3.41. The maximum absolute atomic E-state index is 13.9. The molecule has 0 aliphatic carbocycles. The number of hydrogen-bond donors (Lipinski definition) is 2. The molecule has 1 amide bonds. The van der Waals surface area contributed by atoms with Crippen molar-refractivity contribution in [1.82, 2.24) is 20.2 Å². The van der Waals surface area contributed by atoms with E-state index in [1.807, 2.05) is 24.3 Å². The van der Waals surface area contributed by atoms with E-state index in [9.17, 15) is 9.18 Å². The van der Waals surface area contributed by atoms with E-state index in [0.717, 1.165) is 42.9 Å². The molecular formula is C24H28FN5O2S. The lowest BCUT2D eigenvalue weighted by Gasteiger charge is -2.31. The molecule has 1 aliphatic rings. The van der Waals surface area contributed by atoms with Crippen LogP contribution in [0.15, 0.2) is 42.6 Å². The number of pyridine rings is 1. The summed E-state index contributed by atoms with van der Waals surface area (Å²) in [5, 5.41) is 6.39. The van der Waals surface area contributed by atoms with E-state index < -0.39 is 0 Å². The van der Waals surface area contributed by atoms with Crippen LogP contribution in [0.5, 0.6) is 5.88 Å². The molecular weight excluding hydrogens is 441 g/mol. The van der Waals surface area contributed by atoms with Crippen molar-refractivity contribution in [2.75, 3.05) is 39.1 Å². The van der Waals surface area contributed by atoms with Crippen LogP contribution in [-0.2, 0) is 6.54 Å². The lowest BCUT2D eigenvalue weighted by atomic mass is 9.97. The second kappa shape index (κ2) is 10.7. The zero-order valence-corrected chi connectivity index (χ0v) is 19.6. The summed E-state index contributed by atoms with van der Waals surface area (Å²) >= 11 is 1.31. The van der Waals surface area contributed by atoms with Crippen molar-refractivity contribution in [3.63, 3.8) is 0 Å². The number of thiazole rings is 1. The molecule has 7 nitrogen and oxygen atoms in total. The number of piperidine rings is 1. The van der Waals surface area contributed by atoms with Gasteiger partial charge in [0.1, 0.15) is 16.6 Å². The molecule has 1 aromatic carbocycles. The molecule has 0 unspecified atom stereocenters. The van der Waals surface area contributed by atoms with Gasteiger partial charge in [-0.1, -0.05) is 18.2 Å². The van der Waals surface area contributed by atoms with Gasteiger partial charge in [-0.15, -0.1) is 11.3 Å². The Hall–Kier alpha value is -3.04. The molecule has 1 fully saturated rings. The summed E-state index contributed by atoms with van der Waals surface area (Å²) in [4.78, 5) is 24.0. The summed E-state index contributed by atoms with van der Waals surface area (Å²) in [5.41, 5.74) is 1.61. The average Bonchev–Trinajstić information content (AvgIpc) is 3.29. The van der Waals surface area contributed by atoms with Crippen LogP contribution in [0, 0.1) is 11.7 Å². The number of hydrogen-bond acceptors (Lipinski definition) is 7. The highest BCUT2D eigenvalue weighted by Crippen LogP contribution is 2.34. The molecule has 0 atom stereocenters. The van der Waals surface area contributed by atoms with E-state index in [1.54, 1.807) is 26.4 Å². The zero-order chi connectivity index (χ0) is 23.2. The summed E-state index contributed by atoms with van der Waals surface area (Å²) in [6.45, 7) is 2.89. The first-order valence-electron chi connectivity index (χ1n) is 11.0. The fourth-order valence-electron chi connectivity index (χ4n) is 3.86. The molecule has 2 N–H and O–H groups in total. The number of rotatable bonds is 8.